The molecule has 1 rings (SSSR count). The van der Waals surface area contributed by atoms with E-state index in [4.69, 9.17) is 16.3 Å². The SMILES string of the molecule is CCOc1cc(C(Br)C(C)=O)ccc1CCl. The number of hydrogen-bond acceptors (Lipinski definition) is 2. The van der Waals surface area contributed by atoms with Crippen molar-refractivity contribution in [1.82, 2.24) is 0 Å². The molecule has 0 aliphatic rings. The van der Waals surface area contributed by atoms with Crippen LogP contribution in [0.25, 0.3) is 0 Å². The van der Waals surface area contributed by atoms with Gasteiger partial charge in [-0.15, -0.1) is 11.6 Å². The molecule has 1 aromatic carbocycles. The lowest BCUT2D eigenvalue weighted by Gasteiger charge is -2.12. The normalized spacial score (nSPS) is 12.2. The average molecular weight is 306 g/mol. The van der Waals surface area contributed by atoms with Gasteiger partial charge in [-0.3, -0.25) is 4.79 Å². The molecule has 0 spiro atoms. The Hall–Kier alpha value is -0.540. The van der Waals surface area contributed by atoms with Gasteiger partial charge in [-0.1, -0.05) is 28.1 Å². The summed E-state index contributed by atoms with van der Waals surface area (Å²) in [6, 6.07) is 5.65. The molecule has 0 saturated carbocycles. The van der Waals surface area contributed by atoms with Crippen LogP contribution >= 0.6 is 27.5 Å². The molecule has 0 radical (unpaired) electrons. The van der Waals surface area contributed by atoms with Gasteiger partial charge in [0.2, 0.25) is 0 Å². The summed E-state index contributed by atoms with van der Waals surface area (Å²) in [6.45, 7) is 4.05. The van der Waals surface area contributed by atoms with Crippen molar-refractivity contribution in [2.75, 3.05) is 6.61 Å². The van der Waals surface area contributed by atoms with Crippen molar-refractivity contribution in [2.45, 2.75) is 24.6 Å². The van der Waals surface area contributed by atoms with Crippen molar-refractivity contribution >= 4 is 33.3 Å². The summed E-state index contributed by atoms with van der Waals surface area (Å²) in [5.41, 5.74) is 1.83. The van der Waals surface area contributed by atoms with Crippen molar-refractivity contribution in [3.8, 4) is 5.75 Å². The smallest absolute Gasteiger partial charge is 0.147 e. The first kappa shape index (κ1) is 13.5. The van der Waals surface area contributed by atoms with Crippen LogP contribution in [-0.4, -0.2) is 12.4 Å². The Balaban J connectivity index is 3.05. The van der Waals surface area contributed by atoms with Crippen molar-refractivity contribution in [3.63, 3.8) is 0 Å². The fourth-order valence-corrected chi connectivity index (χ4v) is 1.87. The molecule has 1 unspecified atom stereocenters. The van der Waals surface area contributed by atoms with Gasteiger partial charge in [-0.05, 0) is 25.5 Å². The van der Waals surface area contributed by atoms with Gasteiger partial charge in [-0.2, -0.15) is 0 Å². The molecule has 88 valence electrons. The molecule has 4 heteroatoms. The molecule has 0 bridgehead atoms. The van der Waals surface area contributed by atoms with E-state index >= 15 is 0 Å². The lowest BCUT2D eigenvalue weighted by molar-refractivity contribution is -0.116. The molecular weight excluding hydrogens is 291 g/mol. The molecule has 1 aromatic rings. The third kappa shape index (κ3) is 3.22. The number of rotatable bonds is 5. The Morgan fingerprint density at radius 1 is 1.56 bits per heavy atom. The zero-order chi connectivity index (χ0) is 12.1. The van der Waals surface area contributed by atoms with Crippen LogP contribution in [0.5, 0.6) is 5.75 Å². The number of ketones is 1. The van der Waals surface area contributed by atoms with E-state index in [1.807, 2.05) is 25.1 Å². The zero-order valence-electron chi connectivity index (χ0n) is 9.30. The minimum absolute atomic E-state index is 0.0704. The monoisotopic (exact) mass is 304 g/mol. The summed E-state index contributed by atoms with van der Waals surface area (Å²) in [5.74, 6) is 1.23. The Bertz CT molecular complexity index is 379. The van der Waals surface area contributed by atoms with E-state index in [2.05, 4.69) is 15.9 Å². The minimum Gasteiger partial charge on any atom is -0.494 e. The topological polar surface area (TPSA) is 26.3 Å². The predicted molar refractivity (Wildman–Crippen MR) is 69.5 cm³/mol. The summed E-state index contributed by atoms with van der Waals surface area (Å²) in [5, 5.41) is 0. The van der Waals surface area contributed by atoms with Crippen LogP contribution in [0.3, 0.4) is 0 Å². The van der Waals surface area contributed by atoms with Gasteiger partial charge in [0, 0.05) is 5.56 Å². The quantitative estimate of drug-likeness (QED) is 0.772. The Kier molecular flexibility index (Phi) is 5.29. The molecule has 1 atom stereocenters. The molecule has 0 heterocycles. The van der Waals surface area contributed by atoms with Crippen LogP contribution in [0.15, 0.2) is 18.2 Å². The summed E-state index contributed by atoms with van der Waals surface area (Å²) >= 11 is 9.15. The van der Waals surface area contributed by atoms with Gasteiger partial charge in [0.15, 0.2) is 0 Å². The molecule has 0 N–H and O–H groups in total. The number of ether oxygens (including phenoxy) is 1. The molecule has 0 aromatic heterocycles. The fraction of sp³-hybridized carbons (Fsp3) is 0.417. The fourth-order valence-electron chi connectivity index (χ4n) is 1.36. The second-order valence-corrected chi connectivity index (χ2v) is 4.59. The summed E-state index contributed by atoms with van der Waals surface area (Å²) in [6.07, 6.45) is 0. The Morgan fingerprint density at radius 3 is 2.75 bits per heavy atom. The lowest BCUT2D eigenvalue weighted by Crippen LogP contribution is -2.03. The highest BCUT2D eigenvalue weighted by molar-refractivity contribution is 9.09. The van der Waals surface area contributed by atoms with Crippen LogP contribution in [0, 0.1) is 0 Å². The number of hydrogen-bond donors (Lipinski definition) is 0. The molecular formula is C12H14BrClO2. The standard InChI is InChI=1S/C12H14BrClO2/c1-3-16-11-6-9(12(13)8(2)15)4-5-10(11)7-14/h4-6,12H,3,7H2,1-2H3. The number of Topliss-reactive ketones (excluding diaryl/α,β-unsaturated/α-hetero) is 1. The minimum atomic E-state index is -0.281. The number of benzene rings is 1. The maximum Gasteiger partial charge on any atom is 0.147 e. The largest absolute Gasteiger partial charge is 0.494 e. The van der Waals surface area contributed by atoms with Crippen LogP contribution in [0.4, 0.5) is 0 Å². The molecule has 0 saturated heterocycles. The van der Waals surface area contributed by atoms with E-state index in [1.54, 1.807) is 6.92 Å². The number of carbonyl (C=O) groups is 1. The Morgan fingerprint density at radius 2 is 2.25 bits per heavy atom. The van der Waals surface area contributed by atoms with E-state index in [0.717, 1.165) is 16.9 Å². The van der Waals surface area contributed by atoms with E-state index in [1.165, 1.54) is 0 Å². The maximum atomic E-state index is 11.3. The third-order valence-electron chi connectivity index (χ3n) is 2.18. The lowest BCUT2D eigenvalue weighted by atomic mass is 10.1. The summed E-state index contributed by atoms with van der Waals surface area (Å²) in [7, 11) is 0. The van der Waals surface area contributed by atoms with Crippen LogP contribution in [0.2, 0.25) is 0 Å². The van der Waals surface area contributed by atoms with E-state index in [0.29, 0.717) is 12.5 Å². The van der Waals surface area contributed by atoms with Crippen LogP contribution in [-0.2, 0) is 10.7 Å². The van der Waals surface area contributed by atoms with Gasteiger partial charge >= 0.3 is 0 Å². The maximum absolute atomic E-state index is 11.3. The second kappa shape index (κ2) is 6.26. The molecule has 0 fully saturated rings. The van der Waals surface area contributed by atoms with E-state index < -0.39 is 0 Å². The molecule has 16 heavy (non-hydrogen) atoms. The van der Waals surface area contributed by atoms with Crippen molar-refractivity contribution in [3.05, 3.63) is 29.3 Å². The van der Waals surface area contributed by atoms with Crippen molar-refractivity contribution in [1.29, 1.82) is 0 Å². The molecule has 0 aliphatic heterocycles. The second-order valence-electron chi connectivity index (χ2n) is 3.41. The predicted octanol–water partition coefficient (Wildman–Crippen LogP) is 3.85. The van der Waals surface area contributed by atoms with Crippen molar-refractivity contribution in [2.24, 2.45) is 0 Å². The van der Waals surface area contributed by atoms with Gasteiger partial charge in [0.25, 0.3) is 0 Å². The van der Waals surface area contributed by atoms with Gasteiger partial charge in [0.05, 0.1) is 17.3 Å². The first-order valence-electron chi connectivity index (χ1n) is 5.06. The number of halogens is 2. The molecule has 0 aliphatic carbocycles. The Labute approximate surface area is 109 Å². The number of carbonyl (C=O) groups excluding carboxylic acids is 1. The zero-order valence-corrected chi connectivity index (χ0v) is 11.6. The van der Waals surface area contributed by atoms with E-state index in [9.17, 15) is 4.79 Å². The van der Waals surface area contributed by atoms with Crippen LogP contribution in [0.1, 0.15) is 29.8 Å². The average Bonchev–Trinajstić information content (AvgIpc) is 2.28. The number of alkyl halides is 2. The van der Waals surface area contributed by atoms with Crippen LogP contribution < -0.4 is 4.74 Å². The first-order valence-corrected chi connectivity index (χ1v) is 6.51. The summed E-state index contributed by atoms with van der Waals surface area (Å²) in [4.78, 5) is 11.0. The highest BCUT2D eigenvalue weighted by Gasteiger charge is 2.14. The van der Waals surface area contributed by atoms with Gasteiger partial charge in [0.1, 0.15) is 11.5 Å². The third-order valence-corrected chi connectivity index (χ3v) is 3.65. The summed E-state index contributed by atoms with van der Waals surface area (Å²) < 4.78 is 5.48. The molecule has 0 amide bonds. The van der Waals surface area contributed by atoms with E-state index in [-0.39, 0.29) is 10.6 Å². The highest BCUT2D eigenvalue weighted by atomic mass is 79.9. The molecule has 2 nitrogen and oxygen atoms in total. The first-order chi connectivity index (χ1) is 7.60. The van der Waals surface area contributed by atoms with Gasteiger partial charge < -0.3 is 4.74 Å². The highest BCUT2D eigenvalue weighted by Crippen LogP contribution is 2.30. The van der Waals surface area contributed by atoms with Gasteiger partial charge in [-0.25, -0.2) is 0 Å². The van der Waals surface area contributed by atoms with Crippen molar-refractivity contribution < 1.29 is 9.53 Å².